The average molecular weight is 1790 g/mol. The van der Waals surface area contributed by atoms with Gasteiger partial charge in [0.2, 0.25) is 0 Å². The number of thiophene rings is 2. The molecule has 31 aromatic rings. The largest absolute Gasteiger partial charge is 0.309 e. The third-order valence-electron chi connectivity index (χ3n) is 28.1. The van der Waals surface area contributed by atoms with E-state index >= 15 is 0 Å². The van der Waals surface area contributed by atoms with E-state index < -0.39 is 0 Å². The average Bonchev–Trinajstić information content (AvgIpc) is 1.56. The Morgan fingerprint density at radius 3 is 1.01 bits per heavy atom. The zero-order valence-electron chi connectivity index (χ0n) is 74.0. The lowest BCUT2D eigenvalue weighted by molar-refractivity contribution is 1.18. The summed E-state index contributed by atoms with van der Waals surface area (Å²) in [5.74, 6) is 0. The van der Waals surface area contributed by atoms with E-state index in [2.05, 4.69) is 461 Å². The third-order valence-corrected chi connectivity index (χ3v) is 30.5. The molecule has 0 aliphatic carbocycles. The van der Waals surface area contributed by atoms with Crippen LogP contribution in [0.3, 0.4) is 0 Å². The molecule has 0 aliphatic heterocycles. The van der Waals surface area contributed by atoms with Crippen LogP contribution in [-0.4, -0.2) is 47.7 Å². The minimum atomic E-state index is 0.934. The zero-order valence-corrected chi connectivity index (χ0v) is 75.6. The molecular weight excluding hydrogens is 1720 g/mol. The number of pyridine rings is 6. The summed E-state index contributed by atoms with van der Waals surface area (Å²) in [5.41, 5.74) is 36.3. The number of fused-ring (bicyclic) bond motifs is 36. The van der Waals surface area contributed by atoms with Gasteiger partial charge in [0, 0.05) is 105 Å². The fraction of sp³-hybridized carbons (Fsp3) is 0. The second kappa shape index (κ2) is 30.8. The number of benzene rings is 19. The second-order valence-electron chi connectivity index (χ2n) is 36.0. The maximum absolute atomic E-state index is 5.18. The van der Waals surface area contributed by atoms with Crippen molar-refractivity contribution in [3.63, 3.8) is 0 Å². The number of imidazole rings is 3. The van der Waals surface area contributed by atoms with Crippen LogP contribution < -0.4 is 0 Å². The van der Waals surface area contributed by atoms with Gasteiger partial charge in [0.1, 0.15) is 16.9 Å². The number of hydrogen-bond acceptors (Lipinski definition) is 8. The van der Waals surface area contributed by atoms with Crippen LogP contribution in [0.15, 0.2) is 449 Å². The normalized spacial score (nSPS) is 12.1. The van der Waals surface area contributed by atoms with Crippen molar-refractivity contribution in [2.24, 2.45) is 0 Å². The fourth-order valence-electron chi connectivity index (χ4n) is 21.6. The van der Waals surface area contributed by atoms with Gasteiger partial charge in [-0.1, -0.05) is 297 Å². The van der Waals surface area contributed by atoms with Gasteiger partial charge in [-0.05, 0) is 218 Å². The minimum absolute atomic E-state index is 0.934. The van der Waals surface area contributed by atoms with Crippen LogP contribution in [0.5, 0.6) is 0 Å². The molecule has 0 saturated carbocycles. The summed E-state index contributed by atoms with van der Waals surface area (Å²) < 4.78 is 14.6. The van der Waals surface area contributed by atoms with Crippen molar-refractivity contribution in [3.8, 4) is 72.4 Å². The summed E-state index contributed by atoms with van der Waals surface area (Å²) >= 11 is 3.73. The van der Waals surface area contributed by atoms with Gasteiger partial charge in [-0.2, -0.15) is 0 Å². The highest BCUT2D eigenvalue weighted by Crippen LogP contribution is 2.46. The SMILES string of the molecule is c1cc(-c2ccc3c4nc5ccccc5cc4c4nc5ccccc5n4c3c2)cc(-c2cccc3c2sc2ccccc23)c1.c1ccc(-n2c3ccccc3c3cc(-c4ccc(-c5ccc6c7nc8ccccc8cc7c7nc8ccccc8n7c6c5)cc4)ccc32)cc1.c1ccc2nc3c4ccc(-c5ccc(-c6ccc7sc8ccccc8c7c6)cc5)cc4n4c5ccccc5nc4c3cc2c1. The predicted octanol–water partition coefficient (Wildman–Crippen LogP) is 33.9. The second-order valence-corrected chi connectivity index (χ2v) is 38.1. The van der Waals surface area contributed by atoms with Gasteiger partial charge < -0.3 is 4.57 Å². The molecule has 0 unspecified atom stereocenters. The van der Waals surface area contributed by atoms with E-state index in [1.165, 1.54) is 129 Å². The summed E-state index contributed by atoms with van der Waals surface area (Å²) in [7, 11) is 0. The van der Waals surface area contributed by atoms with Gasteiger partial charge >= 0.3 is 0 Å². The van der Waals surface area contributed by atoms with Gasteiger partial charge in [0.15, 0.2) is 0 Å². The highest BCUT2D eigenvalue weighted by atomic mass is 32.1. The van der Waals surface area contributed by atoms with Gasteiger partial charge in [-0.3, -0.25) is 13.2 Å². The van der Waals surface area contributed by atoms with E-state index in [0.717, 1.165) is 154 Å². The lowest BCUT2D eigenvalue weighted by Gasteiger charge is -2.12. The molecule has 0 spiro atoms. The van der Waals surface area contributed by atoms with Gasteiger partial charge in [-0.15, -0.1) is 22.7 Å². The Kier molecular flexibility index (Phi) is 17.3. The van der Waals surface area contributed by atoms with E-state index in [4.69, 9.17) is 29.9 Å². The Bertz CT molecular complexity index is 10600. The standard InChI is InChI=1S/C46H28N4.2C40H23N3S/c1-2-11-34(12-3-1)49-41-16-8-5-13-35(41)37-26-31(23-25-42(37)49)29-18-20-30(21-19-29)32-22-24-36-44(28-32)50-43-17-9-7-15-40(43)48-46(50)38-27-33-10-4-6-14-39(33)47-45(36)38;1-3-15-33-27(9-1)22-32-38(41-33)31-20-19-25(23-36(31)43-35-17-5-4-16-34(35)42-40(32)43)24-10-7-11-26(21-24)28-13-8-14-30-29-12-2-6-18-37(29)44-39(28)30;1-3-9-33-28(7-1)22-32-39(41-33)30-19-17-27(23-36(30)43-35-11-5-4-10-34(35)42-40(32)43)25-15-13-24(14-16-25)26-18-20-38-31(21-26)29-8-2-6-12-37(29)44-38/h1-28H;2*1-23H. The molecule has 0 saturated heterocycles. The van der Waals surface area contributed by atoms with E-state index in [-0.39, 0.29) is 0 Å². The van der Waals surface area contributed by atoms with E-state index in [1.54, 1.807) is 0 Å². The predicted molar refractivity (Wildman–Crippen MR) is 582 cm³/mol. The summed E-state index contributed by atoms with van der Waals surface area (Å²) in [5, 5.41) is 17.7. The first-order valence-corrected chi connectivity index (χ1v) is 48.3. The maximum atomic E-state index is 5.18. The Morgan fingerprint density at radius 2 is 0.507 bits per heavy atom. The van der Waals surface area contributed by atoms with Crippen LogP contribution in [-0.2, 0) is 0 Å². The van der Waals surface area contributed by atoms with Crippen molar-refractivity contribution in [1.29, 1.82) is 0 Å². The number of nitrogens with zero attached hydrogens (tertiary/aromatic N) is 10. The number of para-hydroxylation sites is 11. The lowest BCUT2D eigenvalue weighted by Crippen LogP contribution is -1.94. The molecule has 0 aliphatic rings. The summed E-state index contributed by atoms with van der Waals surface area (Å²) in [6.07, 6.45) is 0. The smallest absolute Gasteiger partial charge is 0.147 e. The van der Waals surface area contributed by atoms with E-state index in [0.29, 0.717) is 0 Å². The first kappa shape index (κ1) is 77.6. The molecule has 0 amide bonds. The molecule has 138 heavy (non-hydrogen) atoms. The van der Waals surface area contributed by atoms with Crippen molar-refractivity contribution in [2.75, 3.05) is 0 Å². The lowest BCUT2D eigenvalue weighted by atomic mass is 9.97. The molecule has 10 nitrogen and oxygen atoms in total. The summed E-state index contributed by atoms with van der Waals surface area (Å²) in [6, 6.07) is 161. The van der Waals surface area contributed by atoms with Crippen molar-refractivity contribution >= 4 is 233 Å². The first-order valence-electron chi connectivity index (χ1n) is 46.7. The topological polar surface area (TPSA) is 95.5 Å². The molecule has 640 valence electrons. The van der Waals surface area contributed by atoms with Crippen molar-refractivity contribution in [3.05, 3.63) is 449 Å². The monoisotopic (exact) mass is 1790 g/mol. The van der Waals surface area contributed by atoms with Gasteiger partial charge in [0.05, 0.1) is 93.8 Å². The number of rotatable bonds is 7. The zero-order chi connectivity index (χ0) is 90.3. The molecule has 12 heterocycles. The molecule has 0 atom stereocenters. The summed E-state index contributed by atoms with van der Waals surface area (Å²) in [6.45, 7) is 0. The Balaban J connectivity index is 0.000000100. The molecule has 0 radical (unpaired) electrons. The quantitative estimate of drug-likeness (QED) is 0.117. The molecular formula is C126H74N10S2. The summed E-state index contributed by atoms with van der Waals surface area (Å²) in [4.78, 5) is 30.9. The highest BCUT2D eigenvalue weighted by Gasteiger charge is 2.24. The van der Waals surface area contributed by atoms with Crippen molar-refractivity contribution < 1.29 is 0 Å². The maximum Gasteiger partial charge on any atom is 0.147 e. The molecule has 0 bridgehead atoms. The molecule has 19 aromatic carbocycles. The number of hydrogen-bond donors (Lipinski definition) is 0. The third kappa shape index (κ3) is 12.3. The van der Waals surface area contributed by atoms with Crippen LogP contribution in [0, 0.1) is 0 Å². The molecule has 12 aromatic heterocycles. The Labute approximate surface area is 796 Å². The molecule has 0 N–H and O–H groups in total. The molecule has 31 rings (SSSR count). The Hall–Kier alpha value is -17.9. The van der Waals surface area contributed by atoms with Crippen molar-refractivity contribution in [2.45, 2.75) is 0 Å². The van der Waals surface area contributed by atoms with Crippen LogP contribution in [0.1, 0.15) is 0 Å². The van der Waals surface area contributed by atoms with Crippen molar-refractivity contribution in [1.82, 2.24) is 47.7 Å². The van der Waals surface area contributed by atoms with Crippen LogP contribution in [0.2, 0.25) is 0 Å². The van der Waals surface area contributed by atoms with E-state index in [9.17, 15) is 0 Å². The van der Waals surface area contributed by atoms with Crippen LogP contribution in [0.25, 0.3) is 283 Å². The van der Waals surface area contributed by atoms with Crippen LogP contribution >= 0.6 is 22.7 Å². The van der Waals surface area contributed by atoms with E-state index in [1.807, 2.05) is 28.7 Å². The Morgan fingerprint density at radius 1 is 0.167 bits per heavy atom. The first-order chi connectivity index (χ1) is 68.4. The minimum Gasteiger partial charge on any atom is -0.309 e. The van der Waals surface area contributed by atoms with Gasteiger partial charge in [0.25, 0.3) is 0 Å². The molecule has 0 fully saturated rings. The fourth-order valence-corrected chi connectivity index (χ4v) is 23.9. The van der Waals surface area contributed by atoms with Crippen LogP contribution in [0.4, 0.5) is 0 Å². The van der Waals surface area contributed by atoms with Gasteiger partial charge in [-0.25, -0.2) is 29.9 Å². The molecule has 12 heteroatoms. The number of aromatic nitrogens is 10. The highest BCUT2D eigenvalue weighted by molar-refractivity contribution is 7.26.